The quantitative estimate of drug-likeness (QED) is 0.596. The molecule has 0 saturated carbocycles. The second-order valence-corrected chi connectivity index (χ2v) is 7.65. The molecule has 2 aromatic heterocycles. The molecule has 3 heterocycles. The minimum atomic E-state index is 0.509. The van der Waals surface area contributed by atoms with Gasteiger partial charge in [-0.3, -0.25) is 0 Å². The summed E-state index contributed by atoms with van der Waals surface area (Å²) < 4.78 is 8.04. The Morgan fingerprint density at radius 1 is 1.23 bits per heavy atom. The van der Waals surface area contributed by atoms with E-state index >= 15 is 0 Å². The Morgan fingerprint density at radius 2 is 2.07 bits per heavy atom. The Hall–Kier alpha value is -2.58. The van der Waals surface area contributed by atoms with E-state index in [1.807, 2.05) is 13.8 Å². The number of nitrogens with zero attached hydrogens (tertiary/aromatic N) is 3. The maximum absolute atomic E-state index is 6.33. The number of aromatic nitrogens is 3. The number of hydrogen-bond donors (Lipinski definition) is 1. The van der Waals surface area contributed by atoms with E-state index < -0.39 is 0 Å². The van der Waals surface area contributed by atoms with Crippen LogP contribution >= 0.6 is 0 Å². The summed E-state index contributed by atoms with van der Waals surface area (Å²) in [5.41, 5.74) is 10.4. The van der Waals surface area contributed by atoms with E-state index in [9.17, 15) is 0 Å². The molecule has 0 amide bonds. The van der Waals surface area contributed by atoms with Crippen molar-refractivity contribution in [3.8, 4) is 12.3 Å². The SMILES string of the molecule is C#CCCc1ccc2c(c1)nc(N)c1nc(CC)n(CC3CCCOCC3)c12.CC. The summed E-state index contributed by atoms with van der Waals surface area (Å²) in [4.78, 5) is 9.51. The first kappa shape index (κ1) is 22.1. The number of aryl methyl sites for hydroxylation is 2. The molecule has 1 saturated heterocycles. The number of rotatable bonds is 5. The van der Waals surface area contributed by atoms with Crippen molar-refractivity contribution in [1.82, 2.24) is 14.5 Å². The molecular formula is C25H34N4O. The molecule has 1 fully saturated rings. The van der Waals surface area contributed by atoms with Crippen LogP contribution in [0.2, 0.25) is 0 Å². The van der Waals surface area contributed by atoms with Crippen molar-refractivity contribution in [2.75, 3.05) is 18.9 Å². The highest BCUT2D eigenvalue weighted by molar-refractivity contribution is 6.06. The lowest BCUT2D eigenvalue weighted by atomic mass is 10.0. The molecule has 1 aliphatic rings. The predicted octanol–water partition coefficient (Wildman–Crippen LogP) is 5.14. The Labute approximate surface area is 180 Å². The molecule has 0 bridgehead atoms. The van der Waals surface area contributed by atoms with Crippen molar-refractivity contribution in [2.24, 2.45) is 5.92 Å². The molecule has 5 heteroatoms. The lowest BCUT2D eigenvalue weighted by Crippen LogP contribution is -2.14. The Bertz CT molecular complexity index is 1020. The normalized spacial score (nSPS) is 16.7. The van der Waals surface area contributed by atoms with Crippen molar-refractivity contribution < 1.29 is 4.74 Å². The van der Waals surface area contributed by atoms with Gasteiger partial charge >= 0.3 is 0 Å². The van der Waals surface area contributed by atoms with E-state index in [4.69, 9.17) is 21.9 Å². The summed E-state index contributed by atoms with van der Waals surface area (Å²) in [7, 11) is 0. The van der Waals surface area contributed by atoms with Crippen LogP contribution in [0, 0.1) is 18.3 Å². The van der Waals surface area contributed by atoms with Crippen LogP contribution in [-0.2, 0) is 24.1 Å². The second-order valence-electron chi connectivity index (χ2n) is 7.65. The third-order valence-corrected chi connectivity index (χ3v) is 5.73. The first-order valence-electron chi connectivity index (χ1n) is 11.3. The number of pyridine rings is 1. The van der Waals surface area contributed by atoms with Crippen molar-refractivity contribution in [2.45, 2.75) is 65.8 Å². The molecule has 1 aliphatic heterocycles. The average molecular weight is 407 g/mol. The molecule has 1 atom stereocenters. The first-order valence-corrected chi connectivity index (χ1v) is 11.3. The van der Waals surface area contributed by atoms with Crippen LogP contribution in [0.5, 0.6) is 0 Å². The zero-order valence-electron chi connectivity index (χ0n) is 18.6. The molecule has 4 rings (SSSR count). The highest BCUT2D eigenvalue weighted by atomic mass is 16.5. The monoisotopic (exact) mass is 406 g/mol. The summed E-state index contributed by atoms with van der Waals surface area (Å²) in [5, 5.41) is 1.12. The predicted molar refractivity (Wildman–Crippen MR) is 125 cm³/mol. The van der Waals surface area contributed by atoms with Gasteiger partial charge in [-0.2, -0.15) is 0 Å². The molecule has 0 aliphatic carbocycles. The van der Waals surface area contributed by atoms with Gasteiger partial charge in [0.15, 0.2) is 5.82 Å². The average Bonchev–Trinajstić information content (AvgIpc) is 2.94. The van der Waals surface area contributed by atoms with Gasteiger partial charge in [0, 0.05) is 38.0 Å². The molecule has 160 valence electrons. The van der Waals surface area contributed by atoms with Gasteiger partial charge in [0.2, 0.25) is 0 Å². The maximum atomic E-state index is 6.33. The van der Waals surface area contributed by atoms with Crippen molar-refractivity contribution in [3.63, 3.8) is 0 Å². The fourth-order valence-electron chi connectivity index (χ4n) is 4.25. The highest BCUT2D eigenvalue weighted by Crippen LogP contribution is 2.31. The summed E-state index contributed by atoms with van der Waals surface area (Å²) in [6.45, 7) is 8.84. The molecule has 0 spiro atoms. The number of imidazole rings is 1. The van der Waals surface area contributed by atoms with Crippen molar-refractivity contribution >= 4 is 27.8 Å². The lowest BCUT2D eigenvalue weighted by molar-refractivity contribution is 0.140. The van der Waals surface area contributed by atoms with E-state index in [1.54, 1.807) is 0 Å². The van der Waals surface area contributed by atoms with Crippen LogP contribution in [0.4, 0.5) is 5.82 Å². The zero-order chi connectivity index (χ0) is 21.5. The number of hydrogen-bond acceptors (Lipinski definition) is 4. The van der Waals surface area contributed by atoms with E-state index in [-0.39, 0.29) is 0 Å². The number of benzene rings is 1. The van der Waals surface area contributed by atoms with Crippen LogP contribution in [0.1, 0.15) is 57.8 Å². The molecule has 5 nitrogen and oxygen atoms in total. The molecule has 3 aromatic rings. The van der Waals surface area contributed by atoms with Gasteiger partial charge in [-0.25, -0.2) is 9.97 Å². The number of terminal acetylenes is 1. The van der Waals surface area contributed by atoms with Crippen LogP contribution in [0.3, 0.4) is 0 Å². The molecule has 2 N–H and O–H groups in total. The molecule has 30 heavy (non-hydrogen) atoms. The van der Waals surface area contributed by atoms with Gasteiger partial charge in [0.1, 0.15) is 11.3 Å². The van der Waals surface area contributed by atoms with Crippen LogP contribution < -0.4 is 5.73 Å². The zero-order valence-corrected chi connectivity index (χ0v) is 18.6. The summed E-state index contributed by atoms with van der Waals surface area (Å²) >= 11 is 0. The first-order chi connectivity index (χ1) is 14.7. The van der Waals surface area contributed by atoms with Crippen LogP contribution in [0.15, 0.2) is 18.2 Å². The van der Waals surface area contributed by atoms with Gasteiger partial charge in [-0.05, 0) is 43.2 Å². The van der Waals surface area contributed by atoms with Gasteiger partial charge in [-0.1, -0.05) is 32.9 Å². The highest BCUT2D eigenvalue weighted by Gasteiger charge is 2.20. The third-order valence-electron chi connectivity index (χ3n) is 5.73. The largest absolute Gasteiger partial charge is 0.382 e. The molecule has 0 radical (unpaired) electrons. The van der Waals surface area contributed by atoms with E-state index in [0.29, 0.717) is 11.7 Å². The third kappa shape index (κ3) is 4.60. The lowest BCUT2D eigenvalue weighted by Gasteiger charge is -2.17. The number of ether oxygens (including phenoxy) is 1. The number of nitrogen functional groups attached to an aromatic ring is 1. The van der Waals surface area contributed by atoms with Gasteiger partial charge in [0.25, 0.3) is 0 Å². The van der Waals surface area contributed by atoms with Crippen molar-refractivity contribution in [3.05, 3.63) is 29.6 Å². The summed E-state index contributed by atoms with van der Waals surface area (Å²) in [6.07, 6.45) is 11.3. The molecule has 1 unspecified atom stereocenters. The Kier molecular flexibility index (Phi) is 7.70. The van der Waals surface area contributed by atoms with E-state index in [0.717, 1.165) is 79.6 Å². The number of nitrogens with two attached hydrogens (primary N) is 1. The van der Waals surface area contributed by atoms with E-state index in [1.165, 1.54) is 12.0 Å². The Morgan fingerprint density at radius 3 is 2.83 bits per heavy atom. The van der Waals surface area contributed by atoms with Crippen LogP contribution in [0.25, 0.3) is 21.9 Å². The van der Waals surface area contributed by atoms with Crippen molar-refractivity contribution in [1.29, 1.82) is 0 Å². The van der Waals surface area contributed by atoms with Gasteiger partial charge < -0.3 is 15.0 Å². The topological polar surface area (TPSA) is 66.0 Å². The van der Waals surface area contributed by atoms with E-state index in [2.05, 4.69) is 40.6 Å². The number of fused-ring (bicyclic) bond motifs is 3. The minimum Gasteiger partial charge on any atom is -0.382 e. The molecular weight excluding hydrogens is 372 g/mol. The maximum Gasteiger partial charge on any atom is 0.152 e. The van der Waals surface area contributed by atoms with Gasteiger partial charge in [0.05, 0.1) is 11.0 Å². The standard InChI is InChI=1S/C23H28N4O.C2H6/c1-3-5-7-16-9-10-18-19(14-16)25-23(24)21-22(18)27(20(4-2)26-21)15-17-8-6-12-28-13-11-17;1-2/h1,9-10,14,17H,4-8,11-13,15H2,2H3,(H2,24,25);1-2H3. The second kappa shape index (κ2) is 10.4. The summed E-state index contributed by atoms with van der Waals surface area (Å²) in [6, 6.07) is 6.42. The minimum absolute atomic E-state index is 0.509. The fraction of sp³-hybridized carbons (Fsp3) is 0.520. The Balaban J connectivity index is 0.00000124. The summed E-state index contributed by atoms with van der Waals surface area (Å²) in [5.74, 6) is 4.90. The van der Waals surface area contributed by atoms with Crippen LogP contribution in [-0.4, -0.2) is 27.7 Å². The smallest absolute Gasteiger partial charge is 0.152 e. The fourth-order valence-corrected chi connectivity index (χ4v) is 4.25. The molecule has 1 aromatic carbocycles. The number of anilines is 1. The van der Waals surface area contributed by atoms with Gasteiger partial charge in [-0.15, -0.1) is 12.3 Å².